The number of fused-ring (bicyclic) bond motifs is 1. The second-order valence-electron chi connectivity index (χ2n) is 6.16. The molecular weight excluding hydrogens is 249 g/mol. The fraction of sp³-hybridized carbons (Fsp3) is 0.333. The molecule has 0 bridgehead atoms. The van der Waals surface area contributed by atoms with E-state index in [0.717, 1.165) is 24.9 Å². The maximum absolute atomic E-state index is 13.4. The van der Waals surface area contributed by atoms with E-state index < -0.39 is 0 Å². The van der Waals surface area contributed by atoms with Gasteiger partial charge in [0, 0.05) is 17.8 Å². The van der Waals surface area contributed by atoms with Crippen molar-refractivity contribution < 1.29 is 4.39 Å². The second kappa shape index (κ2) is 4.93. The largest absolute Gasteiger partial charge is 0.362 e. The molecule has 0 fully saturated rings. The zero-order chi connectivity index (χ0) is 14.2. The van der Waals surface area contributed by atoms with Crippen molar-refractivity contribution in [3.8, 4) is 0 Å². The molecule has 104 valence electrons. The van der Waals surface area contributed by atoms with Crippen molar-refractivity contribution in [2.45, 2.75) is 38.8 Å². The van der Waals surface area contributed by atoms with Gasteiger partial charge in [-0.15, -0.1) is 0 Å². The van der Waals surface area contributed by atoms with Crippen LogP contribution in [0.5, 0.6) is 0 Å². The van der Waals surface area contributed by atoms with E-state index >= 15 is 0 Å². The van der Waals surface area contributed by atoms with Gasteiger partial charge in [-0.3, -0.25) is 0 Å². The molecule has 3 rings (SSSR count). The van der Waals surface area contributed by atoms with Crippen molar-refractivity contribution in [3.05, 3.63) is 65.5 Å². The average molecular weight is 269 g/mol. The summed E-state index contributed by atoms with van der Waals surface area (Å²) in [5.74, 6) is -0.136. The molecule has 1 heterocycles. The quantitative estimate of drug-likeness (QED) is 0.772. The fourth-order valence-electron chi connectivity index (χ4n) is 2.98. The topological polar surface area (TPSA) is 3.24 Å². The smallest absolute Gasteiger partial charge is 0.123 e. The Kier molecular flexibility index (Phi) is 3.25. The number of hydrogen-bond donors (Lipinski definition) is 0. The highest BCUT2D eigenvalue weighted by molar-refractivity contribution is 5.58. The van der Waals surface area contributed by atoms with Crippen LogP contribution in [0.2, 0.25) is 0 Å². The van der Waals surface area contributed by atoms with Gasteiger partial charge < -0.3 is 4.90 Å². The summed E-state index contributed by atoms with van der Waals surface area (Å²) in [5.41, 5.74) is 3.69. The number of rotatable bonds is 2. The highest BCUT2D eigenvalue weighted by Crippen LogP contribution is 2.38. The van der Waals surface area contributed by atoms with Crippen LogP contribution in [0, 0.1) is 5.82 Å². The van der Waals surface area contributed by atoms with Gasteiger partial charge in [-0.2, -0.15) is 0 Å². The Morgan fingerprint density at radius 1 is 1.10 bits per heavy atom. The molecule has 20 heavy (non-hydrogen) atoms. The monoisotopic (exact) mass is 269 g/mol. The highest BCUT2D eigenvalue weighted by Gasteiger charge is 2.32. The predicted octanol–water partition coefficient (Wildman–Crippen LogP) is 4.56. The van der Waals surface area contributed by atoms with E-state index in [9.17, 15) is 4.39 Å². The van der Waals surface area contributed by atoms with Crippen LogP contribution in [-0.4, -0.2) is 5.54 Å². The van der Waals surface area contributed by atoms with Crippen LogP contribution < -0.4 is 4.90 Å². The maximum Gasteiger partial charge on any atom is 0.123 e. The zero-order valence-corrected chi connectivity index (χ0v) is 12.1. The number of aryl methyl sites for hydroxylation is 1. The van der Waals surface area contributed by atoms with Crippen molar-refractivity contribution in [1.82, 2.24) is 0 Å². The summed E-state index contributed by atoms with van der Waals surface area (Å²) in [7, 11) is 0. The molecule has 2 aromatic rings. The standard InChI is InChI=1S/C18H20FN/c1-18(2)11-10-15-12-16(19)8-9-17(15)20(18)13-14-6-4-3-5-7-14/h3-9,12H,10-11,13H2,1-2H3. The van der Waals surface area contributed by atoms with Crippen molar-refractivity contribution in [1.29, 1.82) is 0 Å². The van der Waals surface area contributed by atoms with Gasteiger partial charge in [-0.1, -0.05) is 30.3 Å². The highest BCUT2D eigenvalue weighted by atomic mass is 19.1. The average Bonchev–Trinajstić information content (AvgIpc) is 2.43. The van der Waals surface area contributed by atoms with Crippen LogP contribution in [0.4, 0.5) is 10.1 Å². The molecule has 0 radical (unpaired) electrons. The molecule has 0 saturated carbocycles. The molecule has 0 atom stereocenters. The minimum atomic E-state index is -0.136. The van der Waals surface area contributed by atoms with Gasteiger partial charge in [-0.05, 0) is 56.0 Å². The van der Waals surface area contributed by atoms with Crippen molar-refractivity contribution in [3.63, 3.8) is 0 Å². The Morgan fingerprint density at radius 2 is 1.85 bits per heavy atom. The van der Waals surface area contributed by atoms with Crippen LogP contribution >= 0.6 is 0 Å². The fourth-order valence-corrected chi connectivity index (χ4v) is 2.98. The van der Waals surface area contributed by atoms with Crippen molar-refractivity contribution in [2.24, 2.45) is 0 Å². The summed E-state index contributed by atoms with van der Waals surface area (Å²) >= 11 is 0. The summed E-state index contributed by atoms with van der Waals surface area (Å²) in [6.07, 6.45) is 2.00. The minimum absolute atomic E-state index is 0.0979. The normalized spacial score (nSPS) is 16.9. The summed E-state index contributed by atoms with van der Waals surface area (Å²) in [5, 5.41) is 0. The molecule has 0 unspecified atom stereocenters. The van der Waals surface area contributed by atoms with E-state index in [1.807, 2.05) is 12.1 Å². The first-order valence-corrected chi connectivity index (χ1v) is 7.16. The lowest BCUT2D eigenvalue weighted by molar-refractivity contribution is 0.405. The number of anilines is 1. The van der Waals surface area contributed by atoms with Gasteiger partial charge in [0.15, 0.2) is 0 Å². The molecule has 0 saturated heterocycles. The summed E-state index contributed by atoms with van der Waals surface area (Å²) in [6, 6.07) is 15.6. The van der Waals surface area contributed by atoms with Gasteiger partial charge in [0.25, 0.3) is 0 Å². The zero-order valence-electron chi connectivity index (χ0n) is 12.1. The molecule has 1 aliphatic heterocycles. The lowest BCUT2D eigenvalue weighted by Gasteiger charge is -2.45. The molecular formula is C18H20FN. The minimum Gasteiger partial charge on any atom is -0.362 e. The third kappa shape index (κ3) is 2.43. The van der Waals surface area contributed by atoms with Gasteiger partial charge in [-0.25, -0.2) is 4.39 Å². The van der Waals surface area contributed by atoms with Crippen LogP contribution in [0.15, 0.2) is 48.5 Å². The first kappa shape index (κ1) is 13.2. The molecule has 1 aliphatic rings. The molecule has 0 N–H and O–H groups in total. The van der Waals surface area contributed by atoms with Crippen LogP contribution in [-0.2, 0) is 13.0 Å². The molecule has 0 aromatic heterocycles. The summed E-state index contributed by atoms with van der Waals surface area (Å²) in [4.78, 5) is 2.40. The Labute approximate surface area is 120 Å². The summed E-state index contributed by atoms with van der Waals surface area (Å²) in [6.45, 7) is 5.40. The van der Waals surface area contributed by atoms with Crippen molar-refractivity contribution in [2.75, 3.05) is 4.90 Å². The van der Waals surface area contributed by atoms with Crippen LogP contribution in [0.25, 0.3) is 0 Å². The Morgan fingerprint density at radius 3 is 2.60 bits per heavy atom. The first-order valence-electron chi connectivity index (χ1n) is 7.16. The number of nitrogens with zero attached hydrogens (tertiary/aromatic N) is 1. The van der Waals surface area contributed by atoms with Gasteiger partial charge in [0.2, 0.25) is 0 Å². The van der Waals surface area contributed by atoms with Crippen molar-refractivity contribution >= 4 is 5.69 Å². The Balaban J connectivity index is 1.99. The first-order chi connectivity index (χ1) is 9.56. The van der Waals surface area contributed by atoms with E-state index in [1.165, 1.54) is 11.3 Å². The molecule has 0 spiro atoms. The molecule has 2 heteroatoms. The maximum atomic E-state index is 13.4. The van der Waals surface area contributed by atoms with Gasteiger partial charge >= 0.3 is 0 Å². The third-order valence-corrected chi connectivity index (χ3v) is 4.25. The van der Waals surface area contributed by atoms with E-state index in [-0.39, 0.29) is 11.4 Å². The van der Waals surface area contributed by atoms with Crippen LogP contribution in [0.3, 0.4) is 0 Å². The van der Waals surface area contributed by atoms with Crippen LogP contribution in [0.1, 0.15) is 31.4 Å². The molecule has 2 aromatic carbocycles. The third-order valence-electron chi connectivity index (χ3n) is 4.25. The number of hydrogen-bond acceptors (Lipinski definition) is 1. The van der Waals surface area contributed by atoms with E-state index in [4.69, 9.17) is 0 Å². The number of halogens is 1. The van der Waals surface area contributed by atoms with Gasteiger partial charge in [0.05, 0.1) is 0 Å². The van der Waals surface area contributed by atoms with E-state index in [2.05, 4.69) is 43.0 Å². The molecule has 0 amide bonds. The Bertz CT molecular complexity index is 604. The van der Waals surface area contributed by atoms with E-state index in [1.54, 1.807) is 12.1 Å². The molecule has 0 aliphatic carbocycles. The lowest BCUT2D eigenvalue weighted by Crippen LogP contribution is -2.47. The number of benzene rings is 2. The summed E-state index contributed by atoms with van der Waals surface area (Å²) < 4.78 is 13.4. The Hall–Kier alpha value is -1.83. The lowest BCUT2D eigenvalue weighted by atomic mass is 9.86. The van der Waals surface area contributed by atoms with E-state index in [0.29, 0.717) is 0 Å². The molecule has 1 nitrogen and oxygen atoms in total. The SMILES string of the molecule is CC1(C)CCc2cc(F)ccc2N1Cc1ccccc1. The second-order valence-corrected chi connectivity index (χ2v) is 6.16. The van der Waals surface area contributed by atoms with Gasteiger partial charge in [0.1, 0.15) is 5.82 Å². The predicted molar refractivity (Wildman–Crippen MR) is 81.4 cm³/mol.